The Labute approximate surface area is 88.6 Å². The Morgan fingerprint density at radius 2 is 1.93 bits per heavy atom. The lowest BCUT2D eigenvalue weighted by atomic mass is 10.00. The van der Waals surface area contributed by atoms with E-state index >= 15 is 0 Å². The quantitative estimate of drug-likeness (QED) is 0.661. The third-order valence-corrected chi connectivity index (χ3v) is 2.25. The molecule has 15 heavy (non-hydrogen) atoms. The van der Waals surface area contributed by atoms with Gasteiger partial charge in [-0.15, -0.1) is 0 Å². The van der Waals surface area contributed by atoms with Gasteiger partial charge in [-0.05, 0) is 24.1 Å². The summed E-state index contributed by atoms with van der Waals surface area (Å²) in [7, 11) is 0. The Bertz CT molecular complexity index is 343. The summed E-state index contributed by atoms with van der Waals surface area (Å²) in [4.78, 5) is 0. The van der Waals surface area contributed by atoms with Crippen molar-refractivity contribution in [2.24, 2.45) is 5.73 Å². The van der Waals surface area contributed by atoms with Gasteiger partial charge in [0.25, 0.3) is 0 Å². The van der Waals surface area contributed by atoms with Gasteiger partial charge in [-0.25, -0.2) is 0 Å². The third kappa shape index (κ3) is 3.03. The molecule has 0 saturated carbocycles. The summed E-state index contributed by atoms with van der Waals surface area (Å²) in [6.07, 6.45) is -0.453. The van der Waals surface area contributed by atoms with Crippen LogP contribution >= 0.6 is 0 Å². The van der Waals surface area contributed by atoms with E-state index < -0.39 is 12.1 Å². The maximum Gasteiger partial charge on any atom is 0.0991 e. The zero-order chi connectivity index (χ0) is 11.3. The van der Waals surface area contributed by atoms with Gasteiger partial charge in [0.2, 0.25) is 0 Å². The first kappa shape index (κ1) is 11.7. The first-order chi connectivity index (χ1) is 7.19. The molecule has 4 nitrogen and oxygen atoms in total. The van der Waals surface area contributed by atoms with E-state index in [4.69, 9.17) is 16.1 Å². The molecule has 0 radical (unpaired) electrons. The fraction of sp³-hybridized carbons (Fsp3) is 0.364. The highest BCUT2D eigenvalue weighted by molar-refractivity contribution is 5.32. The van der Waals surface area contributed by atoms with Crippen LogP contribution in [0.15, 0.2) is 24.3 Å². The molecule has 0 saturated heterocycles. The molecule has 0 heterocycles. The first-order valence-corrected chi connectivity index (χ1v) is 4.73. The summed E-state index contributed by atoms with van der Waals surface area (Å²) < 4.78 is 0. The highest BCUT2D eigenvalue weighted by Gasteiger charge is 2.15. The van der Waals surface area contributed by atoms with E-state index in [-0.39, 0.29) is 6.61 Å². The molecular weight excluding hydrogens is 192 g/mol. The van der Waals surface area contributed by atoms with Crippen LogP contribution in [0.1, 0.15) is 23.7 Å². The molecule has 0 aliphatic carbocycles. The summed E-state index contributed by atoms with van der Waals surface area (Å²) in [6.45, 7) is -0.0471. The van der Waals surface area contributed by atoms with Gasteiger partial charge in [0.05, 0.1) is 17.7 Å². The number of rotatable bonds is 4. The van der Waals surface area contributed by atoms with Crippen LogP contribution in [0.3, 0.4) is 0 Å². The van der Waals surface area contributed by atoms with E-state index in [0.29, 0.717) is 17.5 Å². The van der Waals surface area contributed by atoms with Gasteiger partial charge in [0.1, 0.15) is 0 Å². The number of benzene rings is 1. The molecule has 0 bridgehead atoms. The smallest absolute Gasteiger partial charge is 0.0991 e. The molecule has 4 N–H and O–H groups in total. The zero-order valence-electron chi connectivity index (χ0n) is 8.30. The molecule has 0 aliphatic rings. The maximum absolute atomic E-state index is 9.76. The van der Waals surface area contributed by atoms with Crippen molar-refractivity contribution in [3.8, 4) is 6.07 Å². The van der Waals surface area contributed by atoms with Gasteiger partial charge >= 0.3 is 0 Å². The second-order valence-electron chi connectivity index (χ2n) is 3.35. The number of nitriles is 1. The van der Waals surface area contributed by atoms with Gasteiger partial charge in [-0.2, -0.15) is 5.26 Å². The predicted octanol–water partition coefficient (Wildman–Crippen LogP) is 0.301. The van der Waals surface area contributed by atoms with Crippen LogP contribution in [0.4, 0.5) is 0 Å². The lowest BCUT2D eigenvalue weighted by Gasteiger charge is -2.18. The van der Waals surface area contributed by atoms with Crippen molar-refractivity contribution >= 4 is 0 Å². The fourth-order valence-corrected chi connectivity index (χ4v) is 1.31. The van der Waals surface area contributed by atoms with Gasteiger partial charge in [-0.1, -0.05) is 12.1 Å². The molecule has 80 valence electrons. The van der Waals surface area contributed by atoms with Crippen LogP contribution in [-0.2, 0) is 0 Å². The van der Waals surface area contributed by atoms with Crippen molar-refractivity contribution in [2.75, 3.05) is 6.61 Å². The summed E-state index contributed by atoms with van der Waals surface area (Å²) in [5.74, 6) is 0. The van der Waals surface area contributed by atoms with Crippen LogP contribution < -0.4 is 5.73 Å². The van der Waals surface area contributed by atoms with Gasteiger partial charge in [0.15, 0.2) is 0 Å². The minimum absolute atomic E-state index is 0.0471. The average Bonchev–Trinajstić information content (AvgIpc) is 2.28. The van der Waals surface area contributed by atoms with Crippen molar-refractivity contribution in [3.05, 3.63) is 35.4 Å². The van der Waals surface area contributed by atoms with Crippen LogP contribution in [0.25, 0.3) is 0 Å². The Balaban J connectivity index is 2.74. The fourth-order valence-electron chi connectivity index (χ4n) is 1.31. The SMILES string of the molecule is N#Cc1ccc(C(O)C(N)CCO)cc1. The maximum atomic E-state index is 9.76. The number of hydrogen-bond donors (Lipinski definition) is 3. The second-order valence-corrected chi connectivity index (χ2v) is 3.35. The largest absolute Gasteiger partial charge is 0.396 e. The minimum atomic E-state index is -0.801. The zero-order valence-corrected chi connectivity index (χ0v) is 8.30. The number of aliphatic hydroxyl groups is 2. The van der Waals surface area contributed by atoms with Crippen molar-refractivity contribution in [1.29, 1.82) is 5.26 Å². The summed E-state index contributed by atoms with van der Waals surface area (Å²) >= 11 is 0. The van der Waals surface area contributed by atoms with E-state index in [0.717, 1.165) is 0 Å². The van der Waals surface area contributed by atoms with E-state index in [1.54, 1.807) is 24.3 Å². The molecule has 0 fully saturated rings. The highest BCUT2D eigenvalue weighted by atomic mass is 16.3. The Morgan fingerprint density at radius 3 is 2.40 bits per heavy atom. The lowest BCUT2D eigenvalue weighted by Crippen LogP contribution is -2.29. The van der Waals surface area contributed by atoms with E-state index in [2.05, 4.69) is 0 Å². The molecule has 0 spiro atoms. The Morgan fingerprint density at radius 1 is 1.33 bits per heavy atom. The topological polar surface area (TPSA) is 90.3 Å². The first-order valence-electron chi connectivity index (χ1n) is 4.73. The van der Waals surface area contributed by atoms with Gasteiger partial charge in [-0.3, -0.25) is 0 Å². The van der Waals surface area contributed by atoms with Gasteiger partial charge < -0.3 is 15.9 Å². The third-order valence-electron chi connectivity index (χ3n) is 2.25. The van der Waals surface area contributed by atoms with Crippen LogP contribution in [0, 0.1) is 11.3 Å². The molecule has 0 amide bonds. The average molecular weight is 206 g/mol. The normalized spacial score (nSPS) is 14.3. The minimum Gasteiger partial charge on any atom is -0.396 e. The molecule has 0 aliphatic heterocycles. The molecule has 4 heteroatoms. The molecule has 1 aromatic rings. The van der Waals surface area contributed by atoms with E-state index in [1.807, 2.05) is 6.07 Å². The second kappa shape index (κ2) is 5.47. The molecule has 1 rings (SSSR count). The molecular formula is C11H14N2O2. The van der Waals surface area contributed by atoms with Crippen LogP contribution in [-0.4, -0.2) is 22.9 Å². The predicted molar refractivity (Wildman–Crippen MR) is 55.8 cm³/mol. The van der Waals surface area contributed by atoms with Crippen LogP contribution in [0.2, 0.25) is 0 Å². The monoisotopic (exact) mass is 206 g/mol. The summed E-state index contributed by atoms with van der Waals surface area (Å²) in [5.41, 5.74) is 6.86. The Hall–Kier alpha value is -1.41. The lowest BCUT2D eigenvalue weighted by molar-refractivity contribution is 0.129. The molecule has 2 atom stereocenters. The molecule has 0 aromatic heterocycles. The number of hydrogen-bond acceptors (Lipinski definition) is 4. The van der Waals surface area contributed by atoms with E-state index in [1.165, 1.54) is 0 Å². The highest BCUT2D eigenvalue weighted by Crippen LogP contribution is 2.17. The van der Waals surface area contributed by atoms with E-state index in [9.17, 15) is 5.11 Å². The summed E-state index contributed by atoms with van der Waals surface area (Å²) in [5, 5.41) is 27.0. The molecule has 1 aromatic carbocycles. The summed E-state index contributed by atoms with van der Waals surface area (Å²) in [6, 6.07) is 8.10. The van der Waals surface area contributed by atoms with Crippen molar-refractivity contribution in [1.82, 2.24) is 0 Å². The number of nitrogens with zero attached hydrogens (tertiary/aromatic N) is 1. The van der Waals surface area contributed by atoms with Crippen molar-refractivity contribution in [3.63, 3.8) is 0 Å². The standard InChI is InChI=1S/C11H14N2O2/c12-7-8-1-3-9(4-2-8)11(15)10(13)5-6-14/h1-4,10-11,14-15H,5-6,13H2. The molecule has 2 unspecified atom stereocenters. The number of nitrogens with two attached hydrogens (primary N) is 1. The van der Waals surface area contributed by atoms with Crippen LogP contribution in [0.5, 0.6) is 0 Å². The number of aliphatic hydroxyl groups excluding tert-OH is 2. The Kier molecular flexibility index (Phi) is 4.25. The van der Waals surface area contributed by atoms with Gasteiger partial charge in [0, 0.05) is 12.6 Å². The van der Waals surface area contributed by atoms with Crippen molar-refractivity contribution in [2.45, 2.75) is 18.6 Å². The van der Waals surface area contributed by atoms with Crippen molar-refractivity contribution < 1.29 is 10.2 Å².